The summed E-state index contributed by atoms with van der Waals surface area (Å²) in [4.78, 5) is 27.7. The lowest BCUT2D eigenvalue weighted by Crippen LogP contribution is -2.13. The third kappa shape index (κ3) is 4.16. The Morgan fingerprint density at radius 1 is 1.08 bits per heavy atom. The van der Waals surface area contributed by atoms with Gasteiger partial charge in [-0.25, -0.2) is 4.98 Å². The highest BCUT2D eigenvalue weighted by atomic mass is 16.5. The number of nitrogens with one attached hydrogen (secondary N) is 1. The average Bonchev–Trinajstić information content (AvgIpc) is 3.03. The van der Waals surface area contributed by atoms with Crippen LogP contribution >= 0.6 is 0 Å². The molecule has 0 spiro atoms. The first-order chi connectivity index (χ1) is 12.5. The lowest BCUT2D eigenvalue weighted by atomic mass is 10.2. The average molecular weight is 350 g/mol. The van der Waals surface area contributed by atoms with E-state index in [-0.39, 0.29) is 24.0 Å². The Bertz CT molecular complexity index is 915. The molecule has 0 radical (unpaired) electrons. The summed E-state index contributed by atoms with van der Waals surface area (Å²) < 4.78 is 11.1. The van der Waals surface area contributed by atoms with Crippen LogP contribution in [0.2, 0.25) is 0 Å². The van der Waals surface area contributed by atoms with E-state index in [1.807, 2.05) is 30.3 Å². The summed E-state index contributed by atoms with van der Waals surface area (Å²) in [6.45, 7) is 2.99. The van der Waals surface area contributed by atoms with Crippen molar-refractivity contribution in [2.24, 2.45) is 0 Å². The van der Waals surface area contributed by atoms with Gasteiger partial charge in [-0.1, -0.05) is 18.2 Å². The number of rotatable bonds is 6. The van der Waals surface area contributed by atoms with E-state index in [2.05, 4.69) is 10.3 Å². The van der Waals surface area contributed by atoms with Crippen molar-refractivity contribution < 1.29 is 18.7 Å². The molecule has 0 atom stereocenters. The minimum atomic E-state index is -0.264. The maximum Gasteiger partial charge on any atom is 0.226 e. The smallest absolute Gasteiger partial charge is 0.226 e. The lowest BCUT2D eigenvalue weighted by Gasteiger charge is -2.06. The zero-order valence-corrected chi connectivity index (χ0v) is 14.5. The molecule has 0 fully saturated rings. The van der Waals surface area contributed by atoms with Crippen molar-refractivity contribution >= 4 is 17.4 Å². The predicted octanol–water partition coefficient (Wildman–Crippen LogP) is 3.87. The van der Waals surface area contributed by atoms with Crippen molar-refractivity contribution in [3.8, 4) is 17.2 Å². The summed E-state index contributed by atoms with van der Waals surface area (Å²) in [6, 6.07) is 16.2. The van der Waals surface area contributed by atoms with E-state index in [0.717, 1.165) is 5.56 Å². The van der Waals surface area contributed by atoms with Gasteiger partial charge in [0.25, 0.3) is 0 Å². The zero-order chi connectivity index (χ0) is 18.5. The number of ether oxygens (including phenoxy) is 1. The number of aromatic nitrogens is 1. The van der Waals surface area contributed by atoms with Crippen molar-refractivity contribution in [1.82, 2.24) is 4.98 Å². The lowest BCUT2D eigenvalue weighted by molar-refractivity contribution is -0.114. The summed E-state index contributed by atoms with van der Waals surface area (Å²) in [5.41, 5.74) is 1.74. The number of hydrogen-bond acceptors (Lipinski definition) is 5. The predicted molar refractivity (Wildman–Crippen MR) is 97.2 cm³/mol. The molecule has 3 rings (SSSR count). The molecule has 2 aromatic carbocycles. The molecule has 6 heteroatoms. The first kappa shape index (κ1) is 17.4. The summed E-state index contributed by atoms with van der Waals surface area (Å²) in [5, 5.41) is 2.66. The van der Waals surface area contributed by atoms with Gasteiger partial charge in [0.1, 0.15) is 11.5 Å². The Morgan fingerprint density at radius 3 is 2.42 bits per heavy atom. The number of benzene rings is 2. The summed E-state index contributed by atoms with van der Waals surface area (Å²) >= 11 is 0. The molecule has 6 nitrogen and oxygen atoms in total. The van der Waals surface area contributed by atoms with Crippen molar-refractivity contribution in [1.29, 1.82) is 0 Å². The van der Waals surface area contributed by atoms with Gasteiger partial charge in [0, 0.05) is 18.2 Å². The molecule has 132 valence electrons. The fraction of sp³-hybridized carbons (Fsp3) is 0.150. The third-order valence-electron chi connectivity index (χ3n) is 3.63. The first-order valence-corrected chi connectivity index (χ1v) is 8.09. The van der Waals surface area contributed by atoms with E-state index in [9.17, 15) is 9.59 Å². The van der Waals surface area contributed by atoms with E-state index >= 15 is 0 Å². The molecule has 0 saturated carbocycles. The molecule has 3 aromatic rings. The van der Waals surface area contributed by atoms with Gasteiger partial charge in [0.2, 0.25) is 17.6 Å². The second kappa shape index (κ2) is 7.65. The Kier molecular flexibility index (Phi) is 5.12. The fourth-order valence-electron chi connectivity index (χ4n) is 2.41. The Labute approximate surface area is 150 Å². The highest BCUT2D eigenvalue weighted by Gasteiger charge is 2.18. The standard InChI is InChI=1S/C20H18N2O4/c1-13-19(22-20(26-13)15-6-4-3-5-7-15)18(24)12-25-17-10-8-16(9-11-17)21-14(2)23/h3-11H,12H2,1-2H3,(H,21,23). The monoisotopic (exact) mass is 350 g/mol. The van der Waals surface area contributed by atoms with Crippen LogP contribution in [0.4, 0.5) is 5.69 Å². The molecule has 0 aliphatic carbocycles. The van der Waals surface area contributed by atoms with Crippen LogP contribution in [-0.4, -0.2) is 23.3 Å². The summed E-state index contributed by atoms with van der Waals surface area (Å²) in [7, 11) is 0. The van der Waals surface area contributed by atoms with Crippen molar-refractivity contribution in [3.63, 3.8) is 0 Å². The van der Waals surface area contributed by atoms with Crippen LogP contribution in [0.5, 0.6) is 5.75 Å². The van der Waals surface area contributed by atoms with Crippen molar-refractivity contribution in [3.05, 3.63) is 66.1 Å². The van der Waals surface area contributed by atoms with Crippen LogP contribution in [-0.2, 0) is 4.79 Å². The SMILES string of the molecule is CC(=O)Nc1ccc(OCC(=O)c2nc(-c3ccccc3)oc2C)cc1. The number of ketones is 1. The molecule has 0 aliphatic heterocycles. The minimum absolute atomic E-state index is 0.149. The number of Topliss-reactive ketones (excluding diaryl/α,β-unsaturated/α-hetero) is 1. The highest BCUT2D eigenvalue weighted by Crippen LogP contribution is 2.22. The van der Waals surface area contributed by atoms with E-state index in [1.165, 1.54) is 6.92 Å². The normalized spacial score (nSPS) is 10.4. The zero-order valence-electron chi connectivity index (χ0n) is 14.5. The Morgan fingerprint density at radius 2 is 1.77 bits per heavy atom. The fourth-order valence-corrected chi connectivity index (χ4v) is 2.41. The molecule has 1 N–H and O–H groups in total. The molecule has 1 heterocycles. The van der Waals surface area contributed by atoms with Crippen molar-refractivity contribution in [2.45, 2.75) is 13.8 Å². The number of aryl methyl sites for hydroxylation is 1. The number of oxazole rings is 1. The molecule has 1 aromatic heterocycles. The first-order valence-electron chi connectivity index (χ1n) is 8.09. The summed E-state index contributed by atoms with van der Waals surface area (Å²) in [5.74, 6) is 0.977. The number of carbonyl (C=O) groups excluding carboxylic acids is 2. The number of nitrogens with zero attached hydrogens (tertiary/aromatic N) is 1. The maximum absolute atomic E-state index is 12.4. The second-order valence-electron chi connectivity index (χ2n) is 5.71. The van der Waals surface area contributed by atoms with E-state index in [1.54, 1.807) is 31.2 Å². The molecule has 26 heavy (non-hydrogen) atoms. The molecule has 0 bridgehead atoms. The molecular weight excluding hydrogens is 332 g/mol. The molecule has 0 saturated heterocycles. The van der Waals surface area contributed by atoms with Crippen LogP contribution in [0.25, 0.3) is 11.5 Å². The van der Waals surface area contributed by atoms with Gasteiger partial charge in [0.15, 0.2) is 12.3 Å². The quantitative estimate of drug-likeness (QED) is 0.683. The van der Waals surface area contributed by atoms with Crippen molar-refractivity contribution in [2.75, 3.05) is 11.9 Å². The van der Waals surface area contributed by atoms with Gasteiger partial charge in [-0.3, -0.25) is 9.59 Å². The van der Waals surface area contributed by atoms with Crippen LogP contribution in [0, 0.1) is 6.92 Å². The minimum Gasteiger partial charge on any atom is -0.485 e. The topological polar surface area (TPSA) is 81.4 Å². The second-order valence-corrected chi connectivity index (χ2v) is 5.71. The molecule has 0 aliphatic rings. The van der Waals surface area contributed by atoms with E-state index in [4.69, 9.17) is 9.15 Å². The number of amides is 1. The van der Waals surface area contributed by atoms with Crippen LogP contribution < -0.4 is 10.1 Å². The highest BCUT2D eigenvalue weighted by molar-refractivity contribution is 5.96. The Balaban J connectivity index is 1.65. The summed E-state index contributed by atoms with van der Waals surface area (Å²) in [6.07, 6.45) is 0. The van der Waals surface area contributed by atoms with E-state index < -0.39 is 0 Å². The largest absolute Gasteiger partial charge is 0.485 e. The van der Waals surface area contributed by atoms with Crippen LogP contribution in [0.15, 0.2) is 59.0 Å². The maximum atomic E-state index is 12.4. The molecule has 0 unspecified atom stereocenters. The van der Waals surface area contributed by atoms with Gasteiger partial charge < -0.3 is 14.5 Å². The van der Waals surface area contributed by atoms with Gasteiger partial charge >= 0.3 is 0 Å². The number of carbonyl (C=O) groups is 2. The number of hydrogen-bond donors (Lipinski definition) is 1. The van der Waals surface area contributed by atoms with Gasteiger partial charge in [-0.05, 0) is 43.3 Å². The van der Waals surface area contributed by atoms with Gasteiger partial charge in [0.05, 0.1) is 0 Å². The number of anilines is 1. The van der Waals surface area contributed by atoms with Crippen LogP contribution in [0.3, 0.4) is 0 Å². The van der Waals surface area contributed by atoms with Crippen LogP contribution in [0.1, 0.15) is 23.2 Å². The molecular formula is C20H18N2O4. The third-order valence-corrected chi connectivity index (χ3v) is 3.63. The van der Waals surface area contributed by atoms with Gasteiger partial charge in [-0.2, -0.15) is 0 Å². The molecule has 1 amide bonds. The Hall–Kier alpha value is -3.41. The van der Waals surface area contributed by atoms with Gasteiger partial charge in [-0.15, -0.1) is 0 Å². The van der Waals surface area contributed by atoms with E-state index in [0.29, 0.717) is 23.1 Å².